The first-order valence-electron chi connectivity index (χ1n) is 5.16. The fraction of sp³-hybridized carbons (Fsp3) is 0.545. The van der Waals surface area contributed by atoms with Crippen LogP contribution in [0.2, 0.25) is 0 Å². The van der Waals surface area contributed by atoms with Crippen LogP contribution < -0.4 is 10.5 Å². The first-order chi connectivity index (χ1) is 7.75. The summed E-state index contributed by atoms with van der Waals surface area (Å²) in [7, 11) is 0. The molecule has 0 spiro atoms. The third-order valence-electron chi connectivity index (χ3n) is 2.39. The van der Waals surface area contributed by atoms with Gasteiger partial charge in [-0.25, -0.2) is 4.98 Å². The molecular formula is C11H15F3N2O. The second kappa shape index (κ2) is 4.91. The molecule has 0 aromatic carbocycles. The number of rotatable bonds is 3. The zero-order chi connectivity index (χ0) is 13.2. The number of alkyl halides is 3. The van der Waals surface area contributed by atoms with Crippen molar-refractivity contribution in [1.82, 2.24) is 4.98 Å². The predicted octanol–water partition coefficient (Wildman–Crippen LogP) is 2.49. The number of hydrogen-bond acceptors (Lipinski definition) is 3. The molecule has 1 unspecified atom stereocenters. The number of nitrogens with zero attached hydrogens (tertiary/aromatic N) is 1. The third kappa shape index (κ3) is 3.33. The first kappa shape index (κ1) is 13.8. The van der Waals surface area contributed by atoms with Gasteiger partial charge >= 0.3 is 6.18 Å². The molecule has 0 saturated heterocycles. The first-order valence-corrected chi connectivity index (χ1v) is 5.16. The lowest BCUT2D eigenvalue weighted by Gasteiger charge is -2.19. The maximum Gasteiger partial charge on any atom is 0.425 e. The minimum absolute atomic E-state index is 0.0326. The van der Waals surface area contributed by atoms with Crippen molar-refractivity contribution in [3.63, 3.8) is 0 Å². The summed E-state index contributed by atoms with van der Waals surface area (Å²) in [5.74, 6) is -0.0326. The van der Waals surface area contributed by atoms with Gasteiger partial charge in [0.1, 0.15) is 0 Å². The normalized spacial score (nSPS) is 13.6. The lowest BCUT2D eigenvalue weighted by molar-refractivity contribution is -0.190. The van der Waals surface area contributed by atoms with E-state index in [2.05, 4.69) is 4.98 Å². The Labute approximate surface area is 97.8 Å². The van der Waals surface area contributed by atoms with Gasteiger partial charge in [-0.3, -0.25) is 0 Å². The van der Waals surface area contributed by atoms with Crippen LogP contribution in [-0.4, -0.2) is 17.3 Å². The van der Waals surface area contributed by atoms with Crippen LogP contribution in [0.15, 0.2) is 6.07 Å². The zero-order valence-corrected chi connectivity index (χ0v) is 9.93. The smallest absolute Gasteiger partial charge is 0.425 e. The van der Waals surface area contributed by atoms with E-state index in [9.17, 15) is 13.2 Å². The van der Waals surface area contributed by atoms with E-state index in [1.54, 1.807) is 19.9 Å². The molecule has 1 rings (SSSR count). The fourth-order valence-corrected chi connectivity index (χ4v) is 1.41. The number of halogens is 3. The highest BCUT2D eigenvalue weighted by atomic mass is 19.4. The molecule has 0 fully saturated rings. The number of hydrogen-bond donors (Lipinski definition) is 1. The van der Waals surface area contributed by atoms with Gasteiger partial charge in [0.2, 0.25) is 5.88 Å². The monoisotopic (exact) mass is 248 g/mol. The van der Waals surface area contributed by atoms with Crippen LogP contribution in [0, 0.1) is 13.8 Å². The molecular weight excluding hydrogens is 233 g/mol. The summed E-state index contributed by atoms with van der Waals surface area (Å²) < 4.78 is 42.0. The number of nitrogens with two attached hydrogens (primary N) is 1. The second-order valence-corrected chi connectivity index (χ2v) is 3.87. The lowest BCUT2D eigenvalue weighted by Crippen LogP contribution is -2.32. The Morgan fingerprint density at radius 2 is 2.00 bits per heavy atom. The van der Waals surface area contributed by atoms with Crippen LogP contribution in [-0.2, 0) is 6.54 Å². The Bertz CT molecular complexity index is 404. The van der Waals surface area contributed by atoms with Crippen molar-refractivity contribution in [2.45, 2.75) is 39.6 Å². The minimum Gasteiger partial charge on any atom is -0.465 e. The Morgan fingerprint density at radius 3 is 2.47 bits per heavy atom. The minimum atomic E-state index is -4.41. The molecule has 1 atom stereocenters. The molecule has 3 nitrogen and oxygen atoms in total. The summed E-state index contributed by atoms with van der Waals surface area (Å²) in [5, 5.41) is 0. The van der Waals surface area contributed by atoms with Gasteiger partial charge in [-0.2, -0.15) is 13.2 Å². The van der Waals surface area contributed by atoms with E-state index in [0.29, 0.717) is 11.3 Å². The molecule has 1 aromatic rings. The van der Waals surface area contributed by atoms with Gasteiger partial charge in [0.15, 0.2) is 6.10 Å². The molecule has 0 aliphatic rings. The Hall–Kier alpha value is -1.30. The van der Waals surface area contributed by atoms with Crippen LogP contribution in [0.3, 0.4) is 0 Å². The standard InChI is InChI=1S/C11H15F3N2O/c1-6-4-7(2)16-10(9(6)5-15)17-8(3)11(12,13)14/h4,8H,5,15H2,1-3H3. The highest BCUT2D eigenvalue weighted by molar-refractivity contribution is 5.35. The topological polar surface area (TPSA) is 48.1 Å². The van der Waals surface area contributed by atoms with Gasteiger partial charge < -0.3 is 10.5 Å². The summed E-state index contributed by atoms with van der Waals surface area (Å²) in [6.07, 6.45) is -6.31. The zero-order valence-electron chi connectivity index (χ0n) is 9.93. The van der Waals surface area contributed by atoms with E-state index in [0.717, 1.165) is 12.5 Å². The van der Waals surface area contributed by atoms with E-state index in [1.807, 2.05) is 0 Å². The highest BCUT2D eigenvalue weighted by Crippen LogP contribution is 2.27. The van der Waals surface area contributed by atoms with E-state index >= 15 is 0 Å². The summed E-state index contributed by atoms with van der Waals surface area (Å²) >= 11 is 0. The van der Waals surface area contributed by atoms with Gasteiger partial charge in [-0.1, -0.05) is 0 Å². The Kier molecular flexibility index (Phi) is 3.98. The molecule has 0 radical (unpaired) electrons. The van der Waals surface area contributed by atoms with Gasteiger partial charge in [-0.15, -0.1) is 0 Å². The van der Waals surface area contributed by atoms with E-state index < -0.39 is 12.3 Å². The summed E-state index contributed by atoms with van der Waals surface area (Å²) in [4.78, 5) is 3.96. The van der Waals surface area contributed by atoms with Crippen LogP contribution >= 0.6 is 0 Å². The van der Waals surface area contributed by atoms with Gasteiger partial charge in [0.05, 0.1) is 0 Å². The van der Waals surface area contributed by atoms with E-state index in [4.69, 9.17) is 10.5 Å². The maximum atomic E-state index is 12.4. The average Bonchev–Trinajstić information content (AvgIpc) is 2.15. The molecule has 6 heteroatoms. The largest absolute Gasteiger partial charge is 0.465 e. The maximum absolute atomic E-state index is 12.4. The molecule has 0 aliphatic carbocycles. The second-order valence-electron chi connectivity index (χ2n) is 3.87. The average molecular weight is 248 g/mol. The van der Waals surface area contributed by atoms with E-state index in [1.165, 1.54) is 0 Å². The van der Waals surface area contributed by atoms with Crippen molar-refractivity contribution < 1.29 is 17.9 Å². The molecule has 1 heterocycles. The molecule has 1 aromatic heterocycles. The number of pyridine rings is 1. The van der Waals surface area contributed by atoms with E-state index in [-0.39, 0.29) is 12.4 Å². The lowest BCUT2D eigenvalue weighted by atomic mass is 10.1. The number of aryl methyl sites for hydroxylation is 2. The number of ether oxygens (including phenoxy) is 1. The summed E-state index contributed by atoms with van der Waals surface area (Å²) in [6, 6.07) is 1.76. The van der Waals surface area contributed by atoms with Gasteiger partial charge in [0.25, 0.3) is 0 Å². The molecule has 96 valence electrons. The van der Waals surface area contributed by atoms with Crippen LogP contribution in [0.5, 0.6) is 5.88 Å². The van der Waals surface area contributed by atoms with Crippen LogP contribution in [0.1, 0.15) is 23.7 Å². The molecule has 0 amide bonds. The van der Waals surface area contributed by atoms with Gasteiger partial charge in [0, 0.05) is 17.8 Å². The van der Waals surface area contributed by atoms with Crippen molar-refractivity contribution >= 4 is 0 Å². The molecule has 17 heavy (non-hydrogen) atoms. The molecule has 0 aliphatic heterocycles. The van der Waals surface area contributed by atoms with Crippen molar-refractivity contribution in [3.05, 3.63) is 22.9 Å². The van der Waals surface area contributed by atoms with Crippen molar-refractivity contribution in [1.29, 1.82) is 0 Å². The number of aromatic nitrogens is 1. The van der Waals surface area contributed by atoms with Crippen molar-refractivity contribution in [3.8, 4) is 5.88 Å². The fourth-order valence-electron chi connectivity index (χ4n) is 1.41. The molecule has 0 saturated carbocycles. The quantitative estimate of drug-likeness (QED) is 0.894. The summed E-state index contributed by atoms with van der Waals surface area (Å²) in [5.41, 5.74) is 7.37. The Morgan fingerprint density at radius 1 is 1.41 bits per heavy atom. The van der Waals surface area contributed by atoms with Crippen molar-refractivity contribution in [2.24, 2.45) is 5.73 Å². The molecule has 2 N–H and O–H groups in total. The van der Waals surface area contributed by atoms with Crippen LogP contribution in [0.4, 0.5) is 13.2 Å². The Balaban J connectivity index is 3.05. The third-order valence-corrected chi connectivity index (χ3v) is 2.39. The van der Waals surface area contributed by atoms with Crippen LogP contribution in [0.25, 0.3) is 0 Å². The van der Waals surface area contributed by atoms with Gasteiger partial charge in [-0.05, 0) is 32.4 Å². The highest BCUT2D eigenvalue weighted by Gasteiger charge is 2.38. The predicted molar refractivity (Wildman–Crippen MR) is 57.7 cm³/mol. The SMILES string of the molecule is Cc1cc(C)c(CN)c(OC(C)C(F)(F)F)n1. The summed E-state index contributed by atoms with van der Waals surface area (Å²) in [6.45, 7) is 4.50. The van der Waals surface area contributed by atoms with Crippen molar-refractivity contribution in [2.75, 3.05) is 0 Å². The molecule has 0 bridgehead atoms.